The molecule has 2 heterocycles. The molecule has 0 radical (unpaired) electrons. The third kappa shape index (κ3) is 4.12. The highest BCUT2D eigenvalue weighted by atomic mass is 19.1. The standard InChI is InChI=1S/C23H27FN4O/c1-3-16(2)27-10-12-28(13-11-27)19-7-5-18(6-8-19)25-15-21-20-14-17(24)4-9-22(20)26-23(21)29/h4-9,14-16,25H,3,10-13H2,1-2H3,(H,26,29). The summed E-state index contributed by atoms with van der Waals surface area (Å²) in [6.45, 7) is 8.77. The van der Waals surface area contributed by atoms with Crippen LogP contribution in [0, 0.1) is 5.82 Å². The van der Waals surface area contributed by atoms with Crippen LogP contribution < -0.4 is 15.5 Å². The van der Waals surface area contributed by atoms with Crippen molar-refractivity contribution < 1.29 is 9.18 Å². The molecule has 0 aliphatic carbocycles. The smallest absolute Gasteiger partial charge is 0.257 e. The average molecular weight is 394 g/mol. The van der Waals surface area contributed by atoms with Crippen molar-refractivity contribution >= 4 is 28.5 Å². The van der Waals surface area contributed by atoms with E-state index in [9.17, 15) is 9.18 Å². The third-order valence-corrected chi connectivity index (χ3v) is 5.91. The number of hydrogen-bond acceptors (Lipinski definition) is 4. The molecule has 6 heteroatoms. The van der Waals surface area contributed by atoms with Gasteiger partial charge < -0.3 is 15.5 Å². The highest BCUT2D eigenvalue weighted by Gasteiger charge is 2.24. The molecule has 0 bridgehead atoms. The Kier molecular flexibility index (Phi) is 5.53. The van der Waals surface area contributed by atoms with E-state index in [1.165, 1.54) is 24.2 Å². The summed E-state index contributed by atoms with van der Waals surface area (Å²) in [6, 6.07) is 13.2. The SMILES string of the molecule is CCC(C)N1CCN(c2ccc(NC=C3C(=O)Nc4ccc(F)cc43)cc2)CC1. The quantitative estimate of drug-likeness (QED) is 0.748. The number of piperazine rings is 1. The summed E-state index contributed by atoms with van der Waals surface area (Å²) in [6.07, 6.45) is 2.82. The van der Waals surface area contributed by atoms with Gasteiger partial charge in [0, 0.05) is 61.0 Å². The summed E-state index contributed by atoms with van der Waals surface area (Å²) < 4.78 is 13.5. The van der Waals surface area contributed by atoms with Crippen molar-refractivity contribution in [3.8, 4) is 0 Å². The second-order valence-electron chi connectivity index (χ2n) is 7.67. The van der Waals surface area contributed by atoms with Gasteiger partial charge in [-0.1, -0.05) is 6.92 Å². The van der Waals surface area contributed by atoms with Crippen molar-refractivity contribution in [3.05, 3.63) is 60.0 Å². The molecule has 0 spiro atoms. The van der Waals surface area contributed by atoms with Gasteiger partial charge in [-0.2, -0.15) is 0 Å². The molecular weight excluding hydrogens is 367 g/mol. The second-order valence-corrected chi connectivity index (χ2v) is 7.67. The first kappa shape index (κ1) is 19.5. The Balaban J connectivity index is 1.40. The van der Waals surface area contributed by atoms with Crippen LogP contribution in [-0.2, 0) is 4.79 Å². The number of hydrogen-bond donors (Lipinski definition) is 2. The van der Waals surface area contributed by atoms with Gasteiger partial charge >= 0.3 is 0 Å². The highest BCUT2D eigenvalue weighted by molar-refractivity contribution is 6.31. The molecule has 1 amide bonds. The number of anilines is 3. The van der Waals surface area contributed by atoms with Gasteiger partial charge in [0.25, 0.3) is 5.91 Å². The fourth-order valence-corrected chi connectivity index (χ4v) is 3.91. The number of amides is 1. The molecule has 152 valence electrons. The third-order valence-electron chi connectivity index (χ3n) is 5.91. The number of nitrogens with one attached hydrogen (secondary N) is 2. The number of benzene rings is 2. The Morgan fingerprint density at radius 2 is 1.86 bits per heavy atom. The van der Waals surface area contributed by atoms with Crippen LogP contribution >= 0.6 is 0 Å². The molecule has 2 aromatic rings. The molecular formula is C23H27FN4O. The molecule has 4 rings (SSSR count). The van der Waals surface area contributed by atoms with Gasteiger partial charge in [-0.25, -0.2) is 4.39 Å². The number of nitrogens with zero attached hydrogens (tertiary/aromatic N) is 2. The largest absolute Gasteiger partial charge is 0.369 e. The number of fused-ring (bicyclic) bond motifs is 1. The summed E-state index contributed by atoms with van der Waals surface area (Å²) in [4.78, 5) is 17.1. The van der Waals surface area contributed by atoms with Gasteiger partial charge in [0.2, 0.25) is 0 Å². The zero-order chi connectivity index (χ0) is 20.4. The minimum absolute atomic E-state index is 0.228. The molecule has 1 atom stereocenters. The lowest BCUT2D eigenvalue weighted by atomic mass is 10.1. The molecule has 1 saturated heterocycles. The van der Waals surface area contributed by atoms with Crippen molar-refractivity contribution in [1.29, 1.82) is 0 Å². The first-order valence-corrected chi connectivity index (χ1v) is 10.2. The van der Waals surface area contributed by atoms with E-state index in [1.807, 2.05) is 12.1 Å². The lowest BCUT2D eigenvalue weighted by Gasteiger charge is -2.39. The van der Waals surface area contributed by atoms with Crippen molar-refractivity contribution in [2.45, 2.75) is 26.3 Å². The Bertz CT molecular complexity index is 917. The maximum atomic E-state index is 13.5. The fraction of sp³-hybridized carbons (Fsp3) is 0.348. The lowest BCUT2D eigenvalue weighted by Crippen LogP contribution is -2.49. The van der Waals surface area contributed by atoms with Gasteiger partial charge in [0.1, 0.15) is 5.82 Å². The van der Waals surface area contributed by atoms with Crippen LogP contribution in [0.5, 0.6) is 0 Å². The monoisotopic (exact) mass is 394 g/mol. The molecule has 1 unspecified atom stereocenters. The van der Waals surface area contributed by atoms with E-state index in [1.54, 1.807) is 12.3 Å². The van der Waals surface area contributed by atoms with Gasteiger partial charge in [-0.3, -0.25) is 9.69 Å². The van der Waals surface area contributed by atoms with Crippen LogP contribution in [0.3, 0.4) is 0 Å². The van der Waals surface area contributed by atoms with E-state index in [2.05, 4.69) is 46.4 Å². The van der Waals surface area contributed by atoms with Crippen LogP contribution in [0.1, 0.15) is 25.8 Å². The predicted octanol–water partition coefficient (Wildman–Crippen LogP) is 4.15. The summed E-state index contributed by atoms with van der Waals surface area (Å²) in [5, 5.41) is 5.92. The van der Waals surface area contributed by atoms with Crippen LogP contribution in [0.15, 0.2) is 48.7 Å². The summed E-state index contributed by atoms with van der Waals surface area (Å²) in [5.41, 5.74) is 3.74. The summed E-state index contributed by atoms with van der Waals surface area (Å²) >= 11 is 0. The van der Waals surface area contributed by atoms with E-state index in [4.69, 9.17) is 0 Å². The Morgan fingerprint density at radius 1 is 1.14 bits per heavy atom. The molecule has 0 saturated carbocycles. The van der Waals surface area contributed by atoms with Crippen molar-refractivity contribution in [2.75, 3.05) is 41.7 Å². The van der Waals surface area contributed by atoms with Gasteiger partial charge in [0.05, 0.1) is 5.57 Å². The minimum atomic E-state index is -0.357. The van der Waals surface area contributed by atoms with Crippen LogP contribution in [0.2, 0.25) is 0 Å². The molecule has 0 aromatic heterocycles. The molecule has 5 nitrogen and oxygen atoms in total. The normalized spacial score (nSPS) is 19.2. The van der Waals surface area contributed by atoms with E-state index in [0.29, 0.717) is 22.9 Å². The lowest BCUT2D eigenvalue weighted by molar-refractivity contribution is -0.110. The maximum absolute atomic E-state index is 13.5. The van der Waals surface area contributed by atoms with E-state index >= 15 is 0 Å². The first-order valence-electron chi connectivity index (χ1n) is 10.2. The van der Waals surface area contributed by atoms with E-state index in [0.717, 1.165) is 31.9 Å². The van der Waals surface area contributed by atoms with Gasteiger partial charge in [-0.05, 0) is 55.8 Å². The van der Waals surface area contributed by atoms with Crippen molar-refractivity contribution in [3.63, 3.8) is 0 Å². The Labute approximate surface area is 171 Å². The predicted molar refractivity (Wildman–Crippen MR) is 117 cm³/mol. The van der Waals surface area contributed by atoms with Gasteiger partial charge in [-0.15, -0.1) is 0 Å². The van der Waals surface area contributed by atoms with Crippen molar-refractivity contribution in [1.82, 2.24) is 4.90 Å². The Hall–Kier alpha value is -2.86. The average Bonchev–Trinajstić information content (AvgIpc) is 3.06. The van der Waals surface area contributed by atoms with Gasteiger partial charge in [0.15, 0.2) is 0 Å². The summed E-state index contributed by atoms with van der Waals surface area (Å²) in [5.74, 6) is -0.585. The molecule has 29 heavy (non-hydrogen) atoms. The minimum Gasteiger partial charge on any atom is -0.369 e. The van der Waals surface area contributed by atoms with E-state index in [-0.39, 0.29) is 11.7 Å². The fourth-order valence-electron chi connectivity index (χ4n) is 3.91. The van der Waals surface area contributed by atoms with Crippen molar-refractivity contribution in [2.24, 2.45) is 0 Å². The topological polar surface area (TPSA) is 47.6 Å². The zero-order valence-corrected chi connectivity index (χ0v) is 16.9. The Morgan fingerprint density at radius 3 is 2.55 bits per heavy atom. The van der Waals surface area contributed by atoms with Crippen LogP contribution in [0.4, 0.5) is 21.5 Å². The maximum Gasteiger partial charge on any atom is 0.257 e. The second kappa shape index (κ2) is 8.25. The molecule has 1 fully saturated rings. The van der Waals surface area contributed by atoms with E-state index < -0.39 is 0 Å². The zero-order valence-electron chi connectivity index (χ0n) is 16.9. The molecule has 2 N–H and O–H groups in total. The highest BCUT2D eigenvalue weighted by Crippen LogP contribution is 2.32. The first-order chi connectivity index (χ1) is 14.0. The molecule has 2 aliphatic rings. The number of rotatable bonds is 5. The number of carbonyl (C=O) groups is 1. The number of halogens is 1. The summed E-state index contributed by atoms with van der Waals surface area (Å²) in [7, 11) is 0. The van der Waals surface area contributed by atoms with Crippen LogP contribution in [0.25, 0.3) is 5.57 Å². The molecule has 2 aromatic carbocycles. The number of carbonyl (C=O) groups excluding carboxylic acids is 1. The van der Waals surface area contributed by atoms with Crippen LogP contribution in [-0.4, -0.2) is 43.0 Å². The molecule has 2 aliphatic heterocycles.